The summed E-state index contributed by atoms with van der Waals surface area (Å²) in [7, 11) is 9.63. The molecule has 0 spiro atoms. The van der Waals surface area contributed by atoms with E-state index in [0.717, 1.165) is 11.4 Å². The van der Waals surface area contributed by atoms with Crippen LogP contribution in [0.2, 0.25) is 0 Å². The number of halogens is 2. The summed E-state index contributed by atoms with van der Waals surface area (Å²) in [6, 6.07) is 12.3. The minimum atomic E-state index is -0.106. The van der Waals surface area contributed by atoms with Crippen LogP contribution in [-0.4, -0.2) is 11.2 Å². The third kappa shape index (κ3) is 6.73. The van der Waals surface area contributed by atoms with Gasteiger partial charge in [-0.05, 0) is 35.1 Å². The molecule has 0 aliphatic heterocycles. The molecule has 0 atom stereocenters. The Morgan fingerprint density at radius 1 is 0.957 bits per heavy atom. The summed E-state index contributed by atoms with van der Waals surface area (Å²) in [4.78, 5) is 9.02. The van der Waals surface area contributed by atoms with Crippen molar-refractivity contribution in [2.75, 3.05) is 0 Å². The van der Waals surface area contributed by atoms with Gasteiger partial charge in [0.1, 0.15) is 0 Å². The molecular weight excluding hydrogens is 422 g/mol. The number of hydrogen-bond donors (Lipinski definition) is 0. The van der Waals surface area contributed by atoms with E-state index in [2.05, 4.69) is 50.9 Å². The van der Waals surface area contributed by atoms with Crippen molar-refractivity contribution < 1.29 is 15.9 Å². The second-order valence-corrected chi connectivity index (χ2v) is 8.01. The van der Waals surface area contributed by atoms with Crippen LogP contribution in [0.1, 0.15) is 56.4 Å². The van der Waals surface area contributed by atoms with Gasteiger partial charge in [0.25, 0.3) is 0 Å². The zero-order valence-electron chi connectivity index (χ0n) is 13.7. The van der Waals surface area contributed by atoms with Crippen molar-refractivity contribution in [1.29, 1.82) is 0 Å². The number of aromatic nitrogens is 1. The van der Waals surface area contributed by atoms with E-state index >= 15 is 0 Å². The van der Waals surface area contributed by atoms with Crippen LogP contribution in [0.25, 0.3) is 0 Å². The second-order valence-electron chi connectivity index (χ2n) is 5.65. The van der Waals surface area contributed by atoms with Gasteiger partial charge < -0.3 is 0 Å². The van der Waals surface area contributed by atoms with Gasteiger partial charge in [-0.3, -0.25) is 9.98 Å². The fraction of sp³-hybridized carbons (Fsp3) is 0.333. The fourth-order valence-corrected chi connectivity index (χ4v) is 2.24. The summed E-state index contributed by atoms with van der Waals surface area (Å²) in [6.45, 7) is 8.83. The first-order valence-electron chi connectivity index (χ1n) is 7.41. The number of rotatable bonds is 4. The first-order valence-corrected chi connectivity index (χ1v) is 11.4. The van der Waals surface area contributed by atoms with E-state index in [1.165, 1.54) is 11.1 Å². The normalized spacial score (nSPS) is 11.1. The molecular formula is C18H22Cl2N2Pd. The van der Waals surface area contributed by atoms with E-state index in [4.69, 9.17) is 24.1 Å². The van der Waals surface area contributed by atoms with E-state index in [1.807, 2.05) is 24.4 Å². The molecule has 0 radical (unpaired) electrons. The molecule has 0 fully saturated rings. The van der Waals surface area contributed by atoms with Crippen LogP contribution in [0.4, 0.5) is 5.69 Å². The van der Waals surface area contributed by atoms with Gasteiger partial charge in [-0.1, -0.05) is 52.0 Å². The Bertz CT molecular complexity index is 587. The predicted molar refractivity (Wildman–Crippen MR) is 97.8 cm³/mol. The van der Waals surface area contributed by atoms with Crippen molar-refractivity contribution in [2.45, 2.75) is 39.5 Å². The van der Waals surface area contributed by atoms with Crippen LogP contribution >= 0.6 is 19.1 Å². The van der Waals surface area contributed by atoms with E-state index in [1.54, 1.807) is 6.20 Å². The van der Waals surface area contributed by atoms with E-state index in [0.29, 0.717) is 11.8 Å². The molecule has 2 aromatic rings. The average Bonchev–Trinajstić information content (AvgIpc) is 2.54. The van der Waals surface area contributed by atoms with E-state index in [9.17, 15) is 0 Å². The SMILES string of the molecule is CC(C)c1cccc(C(C)C)c1N=Cc1ccccn1.[Cl][Pd][Cl]. The van der Waals surface area contributed by atoms with Crippen molar-refractivity contribution in [3.63, 3.8) is 0 Å². The molecule has 1 heterocycles. The van der Waals surface area contributed by atoms with Gasteiger partial charge in [-0.25, -0.2) is 0 Å². The third-order valence-corrected chi connectivity index (χ3v) is 3.36. The van der Waals surface area contributed by atoms with Crippen molar-refractivity contribution in [3.05, 3.63) is 59.4 Å². The van der Waals surface area contributed by atoms with Crippen molar-refractivity contribution >= 4 is 31.0 Å². The number of hydrogen-bond acceptors (Lipinski definition) is 2. The van der Waals surface area contributed by atoms with E-state index < -0.39 is 0 Å². The summed E-state index contributed by atoms with van der Waals surface area (Å²) in [5.41, 5.74) is 4.58. The Balaban J connectivity index is 0.000000816. The molecule has 2 rings (SSSR count). The second kappa shape index (κ2) is 10.9. The number of nitrogens with zero attached hydrogens (tertiary/aromatic N) is 2. The number of benzene rings is 1. The van der Waals surface area contributed by atoms with Crippen molar-refractivity contribution in [3.8, 4) is 0 Å². The molecule has 23 heavy (non-hydrogen) atoms. The summed E-state index contributed by atoms with van der Waals surface area (Å²) in [6.07, 6.45) is 3.64. The van der Waals surface area contributed by atoms with Crippen LogP contribution in [0.15, 0.2) is 47.6 Å². The standard InChI is InChI=1S/C18H22N2.2ClH.Pd/c1-13(2)16-9-7-10-17(14(3)4)18(16)20-12-15-8-5-6-11-19-15;;;/h5-14H,1-4H3;2*1H;/q;;;+2/p-2. The van der Waals surface area contributed by atoms with Crippen LogP contribution in [-0.2, 0) is 15.9 Å². The van der Waals surface area contributed by atoms with Gasteiger partial charge in [0.05, 0.1) is 17.6 Å². The summed E-state index contributed by atoms with van der Waals surface area (Å²) in [5, 5.41) is 0. The molecule has 0 saturated carbocycles. The van der Waals surface area contributed by atoms with Gasteiger partial charge in [0, 0.05) is 6.20 Å². The quantitative estimate of drug-likeness (QED) is 0.393. The molecule has 0 bridgehead atoms. The average molecular weight is 444 g/mol. The summed E-state index contributed by atoms with van der Waals surface area (Å²) in [5.74, 6) is 0.925. The van der Waals surface area contributed by atoms with Gasteiger partial charge in [0.15, 0.2) is 0 Å². The summed E-state index contributed by atoms with van der Waals surface area (Å²) < 4.78 is 0. The molecule has 0 unspecified atom stereocenters. The molecule has 1 aromatic carbocycles. The number of para-hydroxylation sites is 1. The van der Waals surface area contributed by atoms with Crippen molar-refractivity contribution in [2.24, 2.45) is 4.99 Å². The Morgan fingerprint density at radius 2 is 1.52 bits per heavy atom. The molecule has 2 nitrogen and oxygen atoms in total. The topological polar surface area (TPSA) is 25.2 Å². The molecule has 0 aliphatic carbocycles. The molecule has 0 saturated heterocycles. The number of pyridine rings is 1. The Kier molecular flexibility index (Phi) is 9.67. The predicted octanol–water partition coefficient (Wildman–Crippen LogP) is 6.46. The van der Waals surface area contributed by atoms with Gasteiger partial charge in [0.2, 0.25) is 0 Å². The Labute approximate surface area is 155 Å². The van der Waals surface area contributed by atoms with Crippen LogP contribution < -0.4 is 0 Å². The maximum atomic E-state index is 4.81. The maximum absolute atomic E-state index is 4.81. The van der Waals surface area contributed by atoms with Crippen LogP contribution in [0, 0.1) is 0 Å². The first kappa shape index (κ1) is 20.3. The van der Waals surface area contributed by atoms with Crippen LogP contribution in [0.3, 0.4) is 0 Å². The molecule has 0 N–H and O–H groups in total. The molecule has 1 aromatic heterocycles. The minimum absolute atomic E-state index is 0.106. The van der Waals surface area contributed by atoms with Crippen LogP contribution in [0.5, 0.6) is 0 Å². The number of aliphatic imine (C=N–C) groups is 1. The molecule has 0 amide bonds. The third-order valence-electron chi connectivity index (χ3n) is 3.36. The monoisotopic (exact) mass is 442 g/mol. The van der Waals surface area contributed by atoms with Crippen molar-refractivity contribution in [1.82, 2.24) is 4.98 Å². The molecule has 5 heteroatoms. The zero-order chi connectivity index (χ0) is 17.2. The molecule has 0 aliphatic rings. The Hall–Kier alpha value is -0.718. The van der Waals surface area contributed by atoms with Gasteiger partial charge in [-0.2, -0.15) is 0 Å². The zero-order valence-corrected chi connectivity index (χ0v) is 16.8. The van der Waals surface area contributed by atoms with E-state index in [-0.39, 0.29) is 15.9 Å². The van der Waals surface area contributed by atoms with Gasteiger partial charge >= 0.3 is 35.0 Å². The fourth-order valence-electron chi connectivity index (χ4n) is 2.24. The summed E-state index contributed by atoms with van der Waals surface area (Å²) >= 11 is -0.106. The Morgan fingerprint density at radius 3 is 1.96 bits per heavy atom. The molecule has 128 valence electrons. The first-order chi connectivity index (χ1) is 11.0. The van der Waals surface area contributed by atoms with Gasteiger partial charge in [-0.15, -0.1) is 0 Å².